The molecule has 0 bridgehead atoms. The van der Waals surface area contributed by atoms with E-state index in [0.29, 0.717) is 6.79 Å². The Morgan fingerprint density at radius 3 is 3.00 bits per heavy atom. The van der Waals surface area contributed by atoms with E-state index >= 15 is 0 Å². The van der Waals surface area contributed by atoms with Gasteiger partial charge in [-0.15, -0.1) is 0 Å². The normalized spacial score (nSPS) is 22.1. The number of ether oxygens (including phenoxy) is 2. The summed E-state index contributed by atoms with van der Waals surface area (Å²) in [7, 11) is 0. The van der Waals surface area contributed by atoms with Crippen LogP contribution in [0.4, 0.5) is 0 Å². The highest BCUT2D eigenvalue weighted by atomic mass is 16.7. The van der Waals surface area contributed by atoms with Crippen molar-refractivity contribution >= 4 is 0 Å². The van der Waals surface area contributed by atoms with Crippen molar-refractivity contribution in [3.8, 4) is 5.75 Å². The third-order valence-electron chi connectivity index (χ3n) is 1.89. The molecular weight excluding hydrogens is 140 g/mol. The summed E-state index contributed by atoms with van der Waals surface area (Å²) in [6.45, 7) is 2.40. The molecule has 1 aliphatic heterocycles. The standard InChI is InChI=1S/C9H10O2/c1-7-8-4-2-3-5-9(8)11-6-10-7/h2-5,7H,6H2,1H3/t7-/m1/s1. The zero-order valence-corrected chi connectivity index (χ0v) is 6.41. The Morgan fingerprint density at radius 1 is 1.36 bits per heavy atom. The SMILES string of the molecule is C[C@H]1OCOc2ccccc21. The first-order chi connectivity index (χ1) is 5.38. The number of hydrogen-bond donors (Lipinski definition) is 0. The molecular formula is C9H10O2. The van der Waals surface area contributed by atoms with Crippen LogP contribution in [0.2, 0.25) is 0 Å². The number of fused-ring (bicyclic) bond motifs is 1. The molecule has 1 aliphatic rings. The predicted octanol–water partition coefficient (Wildman–Crippen LogP) is 2.11. The minimum absolute atomic E-state index is 0.167. The Kier molecular flexibility index (Phi) is 1.55. The molecule has 0 amide bonds. The average molecular weight is 150 g/mol. The molecule has 1 heterocycles. The minimum Gasteiger partial charge on any atom is -0.467 e. The molecule has 0 saturated carbocycles. The Labute approximate surface area is 65.7 Å². The molecule has 58 valence electrons. The lowest BCUT2D eigenvalue weighted by atomic mass is 10.1. The van der Waals surface area contributed by atoms with Crippen molar-refractivity contribution in [3.63, 3.8) is 0 Å². The van der Waals surface area contributed by atoms with Crippen molar-refractivity contribution in [2.24, 2.45) is 0 Å². The Balaban J connectivity index is 2.44. The van der Waals surface area contributed by atoms with Crippen molar-refractivity contribution < 1.29 is 9.47 Å². The zero-order chi connectivity index (χ0) is 7.68. The first-order valence-electron chi connectivity index (χ1n) is 3.71. The van der Waals surface area contributed by atoms with Gasteiger partial charge in [-0.05, 0) is 13.0 Å². The summed E-state index contributed by atoms with van der Waals surface area (Å²) in [4.78, 5) is 0. The summed E-state index contributed by atoms with van der Waals surface area (Å²) in [5.41, 5.74) is 1.14. The maximum Gasteiger partial charge on any atom is 0.189 e. The van der Waals surface area contributed by atoms with Gasteiger partial charge < -0.3 is 9.47 Å². The van der Waals surface area contributed by atoms with Crippen LogP contribution in [0.1, 0.15) is 18.6 Å². The lowest BCUT2D eigenvalue weighted by Gasteiger charge is -2.22. The fraction of sp³-hybridized carbons (Fsp3) is 0.333. The highest BCUT2D eigenvalue weighted by Crippen LogP contribution is 2.30. The van der Waals surface area contributed by atoms with Crippen LogP contribution in [0, 0.1) is 0 Å². The molecule has 1 atom stereocenters. The van der Waals surface area contributed by atoms with E-state index in [2.05, 4.69) is 0 Å². The molecule has 2 rings (SSSR count). The number of hydrogen-bond acceptors (Lipinski definition) is 2. The molecule has 2 heteroatoms. The van der Waals surface area contributed by atoms with Crippen LogP contribution in [-0.4, -0.2) is 6.79 Å². The predicted molar refractivity (Wildman–Crippen MR) is 41.4 cm³/mol. The maximum atomic E-state index is 5.28. The molecule has 1 aromatic carbocycles. The second-order valence-corrected chi connectivity index (χ2v) is 2.61. The van der Waals surface area contributed by atoms with Crippen LogP contribution in [0.25, 0.3) is 0 Å². The fourth-order valence-electron chi connectivity index (χ4n) is 1.24. The largest absolute Gasteiger partial charge is 0.467 e. The summed E-state index contributed by atoms with van der Waals surface area (Å²) in [6.07, 6.45) is 0.167. The average Bonchev–Trinajstić information content (AvgIpc) is 2.06. The molecule has 2 nitrogen and oxygen atoms in total. The van der Waals surface area contributed by atoms with Gasteiger partial charge in [-0.1, -0.05) is 18.2 Å². The topological polar surface area (TPSA) is 18.5 Å². The quantitative estimate of drug-likeness (QED) is 0.564. The lowest BCUT2D eigenvalue weighted by molar-refractivity contribution is -0.0512. The summed E-state index contributed by atoms with van der Waals surface area (Å²) < 4.78 is 10.6. The van der Waals surface area contributed by atoms with Crippen LogP contribution in [0.3, 0.4) is 0 Å². The van der Waals surface area contributed by atoms with Crippen molar-refractivity contribution in [1.29, 1.82) is 0 Å². The summed E-state index contributed by atoms with van der Waals surface area (Å²) in [5.74, 6) is 0.950. The monoisotopic (exact) mass is 150 g/mol. The molecule has 0 unspecified atom stereocenters. The summed E-state index contributed by atoms with van der Waals surface area (Å²) in [6, 6.07) is 7.96. The van der Waals surface area contributed by atoms with Crippen LogP contribution in [0.15, 0.2) is 24.3 Å². The van der Waals surface area contributed by atoms with Crippen LogP contribution < -0.4 is 4.74 Å². The molecule has 0 fully saturated rings. The summed E-state index contributed by atoms with van der Waals surface area (Å²) in [5, 5.41) is 0. The van der Waals surface area contributed by atoms with Gasteiger partial charge in [0.1, 0.15) is 5.75 Å². The van der Waals surface area contributed by atoms with E-state index in [1.165, 1.54) is 0 Å². The Morgan fingerprint density at radius 2 is 2.18 bits per heavy atom. The van der Waals surface area contributed by atoms with Crippen molar-refractivity contribution in [3.05, 3.63) is 29.8 Å². The van der Waals surface area contributed by atoms with Gasteiger partial charge in [0.05, 0.1) is 6.10 Å². The molecule has 0 N–H and O–H groups in total. The lowest BCUT2D eigenvalue weighted by Crippen LogP contribution is -2.14. The summed E-state index contributed by atoms with van der Waals surface area (Å²) >= 11 is 0. The van der Waals surface area contributed by atoms with Gasteiger partial charge in [-0.3, -0.25) is 0 Å². The molecule has 11 heavy (non-hydrogen) atoms. The van der Waals surface area contributed by atoms with E-state index in [9.17, 15) is 0 Å². The smallest absolute Gasteiger partial charge is 0.189 e. The number of rotatable bonds is 0. The molecule has 0 saturated heterocycles. The molecule has 0 spiro atoms. The highest BCUT2D eigenvalue weighted by Gasteiger charge is 2.15. The van der Waals surface area contributed by atoms with Gasteiger partial charge >= 0.3 is 0 Å². The second-order valence-electron chi connectivity index (χ2n) is 2.61. The molecule has 1 aromatic rings. The van der Waals surface area contributed by atoms with Crippen molar-refractivity contribution in [2.75, 3.05) is 6.79 Å². The Hall–Kier alpha value is -1.02. The van der Waals surface area contributed by atoms with E-state index in [1.54, 1.807) is 0 Å². The molecule has 0 aromatic heterocycles. The van der Waals surface area contributed by atoms with Crippen LogP contribution in [-0.2, 0) is 4.74 Å². The first kappa shape index (κ1) is 6.68. The van der Waals surface area contributed by atoms with Gasteiger partial charge in [0.15, 0.2) is 6.79 Å². The number of para-hydroxylation sites is 1. The third-order valence-corrected chi connectivity index (χ3v) is 1.89. The van der Waals surface area contributed by atoms with Gasteiger partial charge in [-0.25, -0.2) is 0 Å². The molecule has 0 aliphatic carbocycles. The van der Waals surface area contributed by atoms with Gasteiger partial charge in [0.2, 0.25) is 0 Å². The Bertz CT molecular complexity index is 257. The van der Waals surface area contributed by atoms with E-state index < -0.39 is 0 Å². The van der Waals surface area contributed by atoms with Crippen molar-refractivity contribution in [2.45, 2.75) is 13.0 Å². The van der Waals surface area contributed by atoms with E-state index in [4.69, 9.17) is 9.47 Å². The van der Waals surface area contributed by atoms with Gasteiger partial charge in [0.25, 0.3) is 0 Å². The third kappa shape index (κ3) is 1.10. The second kappa shape index (κ2) is 2.55. The van der Waals surface area contributed by atoms with E-state index in [0.717, 1.165) is 11.3 Å². The first-order valence-corrected chi connectivity index (χ1v) is 3.71. The molecule has 0 radical (unpaired) electrons. The van der Waals surface area contributed by atoms with E-state index in [-0.39, 0.29) is 6.10 Å². The minimum atomic E-state index is 0.167. The fourth-order valence-corrected chi connectivity index (χ4v) is 1.24. The number of benzene rings is 1. The zero-order valence-electron chi connectivity index (χ0n) is 6.41. The van der Waals surface area contributed by atoms with Gasteiger partial charge in [-0.2, -0.15) is 0 Å². The van der Waals surface area contributed by atoms with Crippen LogP contribution in [0.5, 0.6) is 5.75 Å². The highest BCUT2D eigenvalue weighted by molar-refractivity contribution is 5.35. The van der Waals surface area contributed by atoms with E-state index in [1.807, 2.05) is 31.2 Å². The maximum absolute atomic E-state index is 5.28. The van der Waals surface area contributed by atoms with Crippen molar-refractivity contribution in [1.82, 2.24) is 0 Å². The van der Waals surface area contributed by atoms with Crippen LogP contribution >= 0.6 is 0 Å². The van der Waals surface area contributed by atoms with Gasteiger partial charge in [0, 0.05) is 5.56 Å².